The van der Waals surface area contributed by atoms with Gasteiger partial charge in [0.15, 0.2) is 0 Å². The summed E-state index contributed by atoms with van der Waals surface area (Å²) in [7, 11) is -1.89. The zero-order valence-corrected chi connectivity index (χ0v) is 15.3. The molecule has 0 spiro atoms. The van der Waals surface area contributed by atoms with Gasteiger partial charge in [-0.25, -0.2) is 13.2 Å². The number of sulfonamides is 1. The Hall–Kier alpha value is -2.74. The third kappa shape index (κ3) is 4.08. The summed E-state index contributed by atoms with van der Waals surface area (Å²) in [6.07, 6.45) is 1.44. The Morgan fingerprint density at radius 3 is 2.46 bits per heavy atom. The molecule has 0 aromatic heterocycles. The van der Waals surface area contributed by atoms with Crippen LogP contribution in [0.5, 0.6) is 5.75 Å². The van der Waals surface area contributed by atoms with Crippen molar-refractivity contribution in [1.29, 1.82) is 0 Å². The number of nitrogens with zero attached hydrogens (tertiary/aromatic N) is 1. The Balaban J connectivity index is 1.82. The van der Waals surface area contributed by atoms with E-state index in [1.807, 2.05) is 18.2 Å². The number of para-hydroxylation sites is 1. The number of benzene rings is 2. The van der Waals surface area contributed by atoms with Crippen molar-refractivity contribution in [3.05, 3.63) is 48.5 Å². The van der Waals surface area contributed by atoms with Gasteiger partial charge in [-0.3, -0.25) is 4.31 Å². The first-order chi connectivity index (χ1) is 12.5. The SMILES string of the molecule is COc1ccc(NC(=O)Nc2ccccc2)cc1N1CCCCS1(=O)=O. The number of anilines is 3. The molecule has 138 valence electrons. The number of nitrogens with one attached hydrogen (secondary N) is 2. The van der Waals surface area contributed by atoms with Crippen molar-refractivity contribution in [3.63, 3.8) is 0 Å². The number of methoxy groups -OCH3 is 1. The first-order valence-corrected chi connectivity index (χ1v) is 9.92. The molecule has 3 rings (SSSR count). The second kappa shape index (κ2) is 7.65. The lowest BCUT2D eigenvalue weighted by Gasteiger charge is -2.29. The summed E-state index contributed by atoms with van der Waals surface area (Å²) in [4.78, 5) is 12.2. The lowest BCUT2D eigenvalue weighted by molar-refractivity contribution is 0.262. The molecule has 2 amide bonds. The van der Waals surface area contributed by atoms with Crippen LogP contribution in [0, 0.1) is 0 Å². The topological polar surface area (TPSA) is 87.7 Å². The van der Waals surface area contributed by atoms with Gasteiger partial charge >= 0.3 is 6.03 Å². The maximum atomic E-state index is 12.4. The normalized spacial score (nSPS) is 16.0. The summed E-state index contributed by atoms with van der Waals surface area (Å²) in [6.45, 7) is 0.401. The zero-order valence-electron chi connectivity index (χ0n) is 14.4. The van der Waals surface area contributed by atoms with E-state index in [1.165, 1.54) is 11.4 Å². The summed E-state index contributed by atoms with van der Waals surface area (Å²) < 4.78 is 31.5. The molecule has 1 fully saturated rings. The highest BCUT2D eigenvalue weighted by Gasteiger charge is 2.28. The minimum atomic E-state index is -3.38. The second-order valence-electron chi connectivity index (χ2n) is 5.93. The van der Waals surface area contributed by atoms with Gasteiger partial charge in [-0.1, -0.05) is 18.2 Å². The van der Waals surface area contributed by atoms with Crippen LogP contribution in [-0.2, 0) is 10.0 Å². The fourth-order valence-corrected chi connectivity index (χ4v) is 4.48. The Morgan fingerprint density at radius 1 is 1.04 bits per heavy atom. The molecule has 26 heavy (non-hydrogen) atoms. The quantitative estimate of drug-likeness (QED) is 0.858. The molecule has 8 heteroatoms. The Kier molecular flexibility index (Phi) is 5.32. The number of hydrogen-bond acceptors (Lipinski definition) is 4. The van der Waals surface area contributed by atoms with E-state index in [4.69, 9.17) is 4.74 Å². The molecule has 2 aromatic carbocycles. The highest BCUT2D eigenvalue weighted by Crippen LogP contribution is 2.35. The molecule has 2 aromatic rings. The van der Waals surface area contributed by atoms with Gasteiger partial charge in [0.05, 0.1) is 18.6 Å². The van der Waals surface area contributed by atoms with Crippen molar-refractivity contribution < 1.29 is 17.9 Å². The van der Waals surface area contributed by atoms with Crippen molar-refractivity contribution in [2.75, 3.05) is 34.3 Å². The molecule has 0 radical (unpaired) electrons. The molecular formula is C18H21N3O4S. The standard InChI is InChI=1S/C18H21N3O4S/c1-25-17-10-9-15(20-18(22)19-14-7-3-2-4-8-14)13-16(17)21-11-5-6-12-26(21,23)24/h2-4,7-10,13H,5-6,11-12H2,1H3,(H2,19,20,22). The van der Waals surface area contributed by atoms with Gasteiger partial charge in [0.25, 0.3) is 0 Å². The fraction of sp³-hybridized carbons (Fsp3) is 0.278. The molecule has 1 aliphatic rings. The van der Waals surface area contributed by atoms with Gasteiger partial charge in [-0.15, -0.1) is 0 Å². The molecule has 0 atom stereocenters. The van der Waals surface area contributed by atoms with Gasteiger partial charge in [0.2, 0.25) is 10.0 Å². The third-order valence-electron chi connectivity index (χ3n) is 4.09. The molecule has 7 nitrogen and oxygen atoms in total. The molecule has 0 unspecified atom stereocenters. The minimum Gasteiger partial charge on any atom is -0.495 e. The van der Waals surface area contributed by atoms with Crippen molar-refractivity contribution >= 4 is 33.1 Å². The maximum absolute atomic E-state index is 12.4. The number of hydrogen-bond donors (Lipinski definition) is 2. The monoisotopic (exact) mass is 375 g/mol. The van der Waals surface area contributed by atoms with Gasteiger partial charge in [-0.05, 0) is 43.2 Å². The average Bonchev–Trinajstić information content (AvgIpc) is 2.62. The van der Waals surface area contributed by atoms with E-state index in [2.05, 4.69) is 10.6 Å². The summed E-state index contributed by atoms with van der Waals surface area (Å²) in [5, 5.41) is 5.44. The summed E-state index contributed by atoms with van der Waals surface area (Å²) >= 11 is 0. The van der Waals surface area contributed by atoms with Crippen LogP contribution in [0.3, 0.4) is 0 Å². The number of amides is 2. The van der Waals surface area contributed by atoms with Crippen molar-refractivity contribution in [1.82, 2.24) is 0 Å². The molecule has 1 heterocycles. The minimum absolute atomic E-state index is 0.113. The van der Waals surface area contributed by atoms with Crippen molar-refractivity contribution in [3.8, 4) is 5.75 Å². The highest BCUT2D eigenvalue weighted by molar-refractivity contribution is 7.92. The third-order valence-corrected chi connectivity index (χ3v) is 5.94. The van der Waals surface area contributed by atoms with Gasteiger partial charge < -0.3 is 15.4 Å². The number of rotatable bonds is 4. The van der Waals surface area contributed by atoms with Crippen LogP contribution in [0.15, 0.2) is 48.5 Å². The van der Waals surface area contributed by atoms with Crippen molar-refractivity contribution in [2.24, 2.45) is 0 Å². The number of carbonyl (C=O) groups excluding carboxylic acids is 1. The van der Waals surface area contributed by atoms with Crippen LogP contribution < -0.4 is 19.7 Å². The van der Waals surface area contributed by atoms with E-state index in [0.717, 1.165) is 6.42 Å². The van der Waals surface area contributed by atoms with Crippen LogP contribution in [0.1, 0.15) is 12.8 Å². The van der Waals surface area contributed by atoms with E-state index in [0.29, 0.717) is 35.8 Å². The van der Waals surface area contributed by atoms with Crippen LogP contribution >= 0.6 is 0 Å². The average molecular weight is 375 g/mol. The molecule has 1 aliphatic heterocycles. The van der Waals surface area contributed by atoms with E-state index >= 15 is 0 Å². The van der Waals surface area contributed by atoms with E-state index in [9.17, 15) is 13.2 Å². The maximum Gasteiger partial charge on any atom is 0.323 e. The first-order valence-electron chi connectivity index (χ1n) is 8.31. The second-order valence-corrected chi connectivity index (χ2v) is 7.94. The summed E-state index contributed by atoms with van der Waals surface area (Å²) in [5.74, 6) is 0.562. The van der Waals surface area contributed by atoms with Crippen molar-refractivity contribution in [2.45, 2.75) is 12.8 Å². The van der Waals surface area contributed by atoms with Crippen LogP contribution in [0.25, 0.3) is 0 Å². The van der Waals surface area contributed by atoms with E-state index in [1.54, 1.807) is 30.3 Å². The Labute approximate surface area is 153 Å². The van der Waals surface area contributed by atoms with Crippen LogP contribution in [0.4, 0.5) is 21.9 Å². The van der Waals surface area contributed by atoms with E-state index < -0.39 is 16.1 Å². The van der Waals surface area contributed by atoms with Crippen LogP contribution in [0.2, 0.25) is 0 Å². The molecule has 0 saturated carbocycles. The molecule has 0 bridgehead atoms. The summed E-state index contributed by atoms with van der Waals surface area (Å²) in [6, 6.07) is 13.6. The molecule has 1 saturated heterocycles. The predicted molar refractivity (Wildman–Crippen MR) is 102 cm³/mol. The smallest absolute Gasteiger partial charge is 0.323 e. The van der Waals surface area contributed by atoms with Gasteiger partial charge in [0, 0.05) is 17.9 Å². The number of carbonyl (C=O) groups is 1. The molecule has 2 N–H and O–H groups in total. The zero-order chi connectivity index (χ0) is 18.6. The lowest BCUT2D eigenvalue weighted by atomic mass is 10.2. The van der Waals surface area contributed by atoms with Gasteiger partial charge in [-0.2, -0.15) is 0 Å². The molecule has 0 aliphatic carbocycles. The first kappa shape index (κ1) is 18.1. The Morgan fingerprint density at radius 2 is 1.77 bits per heavy atom. The number of urea groups is 1. The molecular weight excluding hydrogens is 354 g/mol. The fourth-order valence-electron chi connectivity index (χ4n) is 2.84. The van der Waals surface area contributed by atoms with Gasteiger partial charge in [0.1, 0.15) is 5.75 Å². The highest BCUT2D eigenvalue weighted by atomic mass is 32.2. The Bertz CT molecular complexity index is 885. The van der Waals surface area contributed by atoms with Crippen LogP contribution in [-0.4, -0.2) is 33.9 Å². The number of ether oxygens (including phenoxy) is 1. The van der Waals surface area contributed by atoms with E-state index in [-0.39, 0.29) is 5.75 Å². The summed E-state index contributed by atoms with van der Waals surface area (Å²) in [5.41, 5.74) is 1.58. The predicted octanol–water partition coefficient (Wildman–Crippen LogP) is 3.27. The largest absolute Gasteiger partial charge is 0.495 e. The lowest BCUT2D eigenvalue weighted by Crippen LogP contribution is -2.38.